The maximum absolute atomic E-state index is 8.12. The molecule has 0 aromatic rings. The van der Waals surface area contributed by atoms with Gasteiger partial charge in [-0.05, 0) is 0 Å². The van der Waals surface area contributed by atoms with E-state index in [2.05, 4.69) is 0 Å². The van der Waals surface area contributed by atoms with Gasteiger partial charge in [0.05, 0.1) is 8.41 Å². The van der Waals surface area contributed by atoms with Crippen LogP contribution in [0.4, 0.5) is 0 Å². The van der Waals surface area contributed by atoms with E-state index in [0.717, 1.165) is 0 Å². The molecule has 0 aromatic heterocycles. The van der Waals surface area contributed by atoms with Crippen molar-refractivity contribution in [1.82, 2.24) is 0 Å². The first-order chi connectivity index (χ1) is 1.00. The summed E-state index contributed by atoms with van der Waals surface area (Å²) < 4.78 is 8.12. The third kappa shape index (κ3) is 12.1. The van der Waals surface area contributed by atoms with Crippen LogP contribution in [0.15, 0.2) is 0 Å². The Morgan fingerprint density at radius 3 is 1.25 bits per heavy atom. The summed E-state index contributed by atoms with van der Waals surface area (Å²) in [5.41, 5.74) is 0. The Morgan fingerprint density at radius 2 is 1.25 bits per heavy atom. The second kappa shape index (κ2) is 36.7. The molecule has 0 fully saturated rings. The van der Waals surface area contributed by atoms with E-state index in [-0.39, 0.29) is 27.3 Å². The Bertz CT molecular complexity index is 8.00. The van der Waals surface area contributed by atoms with Crippen molar-refractivity contribution in [2.45, 2.75) is 0 Å². The van der Waals surface area contributed by atoms with Gasteiger partial charge in [0.25, 0.3) is 0 Å². The second-order valence-corrected chi connectivity index (χ2v) is 0. The van der Waals surface area contributed by atoms with Gasteiger partial charge in [0.15, 0.2) is 0 Å². The molecule has 0 spiro atoms. The van der Waals surface area contributed by atoms with Gasteiger partial charge in [-0.25, -0.2) is 0 Å². The van der Waals surface area contributed by atoms with Crippen LogP contribution in [0.1, 0.15) is 0 Å². The van der Waals surface area contributed by atoms with Crippen LogP contribution in [-0.2, 0) is 3.83 Å². The molecule has 1 nitrogen and oxygen atoms in total. The molecule has 0 atom stereocenters. The van der Waals surface area contributed by atoms with Gasteiger partial charge < -0.3 is 0 Å². The SMILES string of the molecule is B.O=[Se].[LiH]. The van der Waals surface area contributed by atoms with Crippen molar-refractivity contribution in [1.29, 1.82) is 0 Å². The molecule has 0 aliphatic heterocycles. The first kappa shape index (κ1) is 20.1. The summed E-state index contributed by atoms with van der Waals surface area (Å²) in [5.74, 6) is 0. The summed E-state index contributed by atoms with van der Waals surface area (Å²) in [6, 6.07) is 0. The van der Waals surface area contributed by atoms with Gasteiger partial charge in [-0.2, -0.15) is 0 Å². The van der Waals surface area contributed by atoms with E-state index in [1.807, 2.05) is 0 Å². The molecule has 0 radical (unpaired) electrons. The van der Waals surface area contributed by atoms with Gasteiger partial charge in [0.2, 0.25) is 0 Å². The molecule has 0 bridgehead atoms. The van der Waals surface area contributed by atoms with Crippen LogP contribution >= 0.6 is 0 Å². The molecule has 0 aromatic carbocycles. The first-order valence-corrected chi connectivity index (χ1v) is 0.866. The average molecular weight is 117 g/mol. The van der Waals surface area contributed by atoms with Gasteiger partial charge >= 0.3 is 38.6 Å². The fourth-order valence-electron chi connectivity index (χ4n) is 0. The van der Waals surface area contributed by atoms with Crippen LogP contribution in [-0.4, -0.2) is 43.2 Å². The first-order valence-electron chi connectivity index (χ1n) is 0.167. The molecule has 0 amide bonds. The Kier molecular flexibility index (Phi) is 185. The van der Waals surface area contributed by atoms with Crippen molar-refractivity contribution < 1.29 is 3.83 Å². The summed E-state index contributed by atoms with van der Waals surface area (Å²) in [4.78, 5) is 0. The fourth-order valence-corrected chi connectivity index (χ4v) is 0. The van der Waals surface area contributed by atoms with Gasteiger partial charge in [0.1, 0.15) is 0 Å². The summed E-state index contributed by atoms with van der Waals surface area (Å²) in [7, 11) is 0. The molecule has 4 heteroatoms. The van der Waals surface area contributed by atoms with E-state index >= 15 is 0 Å². The molecule has 20 valence electrons. The zero-order valence-corrected chi connectivity index (χ0v) is 2.53. The maximum atomic E-state index is 8.12. The Hall–Kier alpha value is 0.982. The fraction of sp³-hybridized carbons (Fsp3) is 0. The molecule has 0 saturated heterocycles. The molecule has 4 heavy (non-hydrogen) atoms. The van der Waals surface area contributed by atoms with Crippen molar-refractivity contribution in [3.8, 4) is 0 Å². The van der Waals surface area contributed by atoms with E-state index in [1.54, 1.807) is 0 Å². The minimum atomic E-state index is 0. The molecule has 0 saturated carbocycles. The van der Waals surface area contributed by atoms with Crippen molar-refractivity contribution in [2.75, 3.05) is 0 Å². The topological polar surface area (TPSA) is 17.1 Å². The van der Waals surface area contributed by atoms with E-state index in [1.165, 1.54) is 15.9 Å². The van der Waals surface area contributed by atoms with Crippen LogP contribution < -0.4 is 0 Å². The van der Waals surface area contributed by atoms with E-state index in [4.69, 9.17) is 3.83 Å². The Balaban J connectivity index is -0.00000000500. The van der Waals surface area contributed by atoms with Crippen molar-refractivity contribution in [3.05, 3.63) is 0 Å². The summed E-state index contributed by atoms with van der Waals surface area (Å²) in [6.45, 7) is 0. The molecule has 0 N–H and O–H groups in total. The second-order valence-electron chi connectivity index (χ2n) is 0. The predicted octanol–water partition coefficient (Wildman–Crippen LogP) is -2.33. The number of hydrogen-bond donors (Lipinski definition) is 0. The number of rotatable bonds is 0. The summed E-state index contributed by atoms with van der Waals surface area (Å²) in [5, 5.41) is 0. The summed E-state index contributed by atoms with van der Waals surface area (Å²) in [6.07, 6.45) is 0. The van der Waals surface area contributed by atoms with Gasteiger partial charge in [-0.15, -0.1) is 0 Å². The van der Waals surface area contributed by atoms with Gasteiger partial charge in [0, 0.05) is 0 Å². The quantitative estimate of drug-likeness (QED) is 0.325. The van der Waals surface area contributed by atoms with Crippen LogP contribution in [0.5, 0.6) is 0 Å². The van der Waals surface area contributed by atoms with Crippen LogP contribution in [0.25, 0.3) is 0 Å². The Labute approximate surface area is 47.3 Å². The molecular weight excluding hydrogens is 113 g/mol. The standard InChI is InChI=1S/BH3.Li.OSe.H/c;;1-2;/h1H3;;;. The van der Waals surface area contributed by atoms with E-state index in [0.29, 0.717) is 0 Å². The van der Waals surface area contributed by atoms with E-state index < -0.39 is 0 Å². The third-order valence-electron chi connectivity index (χ3n) is 0. The molecule has 0 aliphatic carbocycles. The molecule has 0 unspecified atom stereocenters. The molecular formula is H4BLiOSe. The molecule has 0 rings (SSSR count). The zero-order chi connectivity index (χ0) is 2.00. The number of hydrogen-bond acceptors (Lipinski definition) is 1. The van der Waals surface area contributed by atoms with Crippen molar-refractivity contribution in [3.63, 3.8) is 0 Å². The average Bonchev–Trinajstić information content (AvgIpc) is 1.00. The molecule has 0 aliphatic rings. The zero-order valence-electron chi connectivity index (χ0n) is 0.816. The minimum absolute atomic E-state index is 0. The predicted molar refractivity (Wildman–Crippen MR) is 23.5 cm³/mol. The van der Waals surface area contributed by atoms with Crippen LogP contribution in [0.3, 0.4) is 0 Å². The molecule has 0 heterocycles. The van der Waals surface area contributed by atoms with Crippen molar-refractivity contribution in [2.24, 2.45) is 0 Å². The van der Waals surface area contributed by atoms with Gasteiger partial charge in [-0.3, -0.25) is 0 Å². The van der Waals surface area contributed by atoms with Gasteiger partial charge in [-0.1, -0.05) is 0 Å². The normalized spacial score (nSPS) is 1.00. The van der Waals surface area contributed by atoms with Crippen LogP contribution in [0, 0.1) is 0 Å². The van der Waals surface area contributed by atoms with Crippen LogP contribution in [0.2, 0.25) is 0 Å². The monoisotopic (exact) mass is 118 g/mol. The van der Waals surface area contributed by atoms with E-state index in [9.17, 15) is 0 Å². The third-order valence-corrected chi connectivity index (χ3v) is 0. The summed E-state index contributed by atoms with van der Waals surface area (Å²) >= 11 is 1.38. The Morgan fingerprint density at radius 1 is 1.25 bits per heavy atom. The van der Waals surface area contributed by atoms with Crippen molar-refractivity contribution >= 4 is 43.2 Å².